The lowest BCUT2D eigenvalue weighted by atomic mass is 10.0. The van der Waals surface area contributed by atoms with Crippen molar-refractivity contribution in [3.05, 3.63) is 83.9 Å². The van der Waals surface area contributed by atoms with Crippen LogP contribution in [0.25, 0.3) is 10.8 Å². The van der Waals surface area contributed by atoms with Crippen molar-refractivity contribution in [2.45, 2.75) is 31.0 Å². The Kier molecular flexibility index (Phi) is 5.51. The second-order valence-electron chi connectivity index (χ2n) is 7.77. The van der Waals surface area contributed by atoms with Gasteiger partial charge in [0.1, 0.15) is 18.3 Å². The molecule has 2 fully saturated rings. The van der Waals surface area contributed by atoms with E-state index in [1.807, 2.05) is 60.7 Å². The number of benzene rings is 3. The van der Waals surface area contributed by atoms with Crippen LogP contribution in [0.15, 0.2) is 72.8 Å². The van der Waals surface area contributed by atoms with Gasteiger partial charge in [0.2, 0.25) is 0 Å². The van der Waals surface area contributed by atoms with E-state index in [0.29, 0.717) is 18.8 Å². The van der Waals surface area contributed by atoms with E-state index >= 15 is 0 Å². The molecule has 6 heteroatoms. The second-order valence-corrected chi connectivity index (χ2v) is 7.77. The molecule has 2 heterocycles. The lowest BCUT2D eigenvalue weighted by molar-refractivity contribution is -0.148. The summed E-state index contributed by atoms with van der Waals surface area (Å²) in [7, 11) is 0. The van der Waals surface area contributed by atoms with Gasteiger partial charge in [-0.15, -0.1) is 0 Å². The number of ketones is 1. The predicted molar refractivity (Wildman–Crippen MR) is 113 cm³/mol. The molecule has 6 nitrogen and oxygen atoms in total. The van der Waals surface area contributed by atoms with Crippen LogP contribution >= 0.6 is 0 Å². The molecule has 0 unspecified atom stereocenters. The van der Waals surface area contributed by atoms with Crippen LogP contribution in [0.5, 0.6) is 0 Å². The van der Waals surface area contributed by atoms with Crippen molar-refractivity contribution in [3.8, 4) is 0 Å². The average molecular weight is 418 g/mol. The number of hydrogen-bond acceptors (Lipinski definition) is 6. The summed E-state index contributed by atoms with van der Waals surface area (Å²) < 4.78 is 23.0. The van der Waals surface area contributed by atoms with Gasteiger partial charge < -0.3 is 18.9 Å². The molecule has 2 saturated heterocycles. The third-order valence-electron chi connectivity index (χ3n) is 5.72. The smallest absolute Gasteiger partial charge is 0.380 e. The second kappa shape index (κ2) is 8.59. The third-order valence-corrected chi connectivity index (χ3v) is 5.72. The number of rotatable bonds is 6. The lowest BCUT2D eigenvalue weighted by Crippen LogP contribution is -2.36. The minimum absolute atomic E-state index is 0.178. The summed E-state index contributed by atoms with van der Waals surface area (Å²) >= 11 is 0. The van der Waals surface area contributed by atoms with E-state index < -0.39 is 24.0 Å². The molecule has 3 aromatic rings. The summed E-state index contributed by atoms with van der Waals surface area (Å²) in [5.74, 6) is -1.58. The van der Waals surface area contributed by atoms with Crippen LogP contribution in [0.2, 0.25) is 0 Å². The molecule has 2 aliphatic rings. The normalized spacial score (nSPS) is 24.8. The van der Waals surface area contributed by atoms with Crippen molar-refractivity contribution < 1.29 is 28.5 Å². The quantitative estimate of drug-likeness (QED) is 0.348. The highest BCUT2D eigenvalue weighted by Crippen LogP contribution is 2.31. The van der Waals surface area contributed by atoms with Gasteiger partial charge in [-0.05, 0) is 22.4 Å². The van der Waals surface area contributed by atoms with E-state index in [9.17, 15) is 9.59 Å². The fraction of sp³-hybridized carbons (Fsp3) is 0.280. The van der Waals surface area contributed by atoms with Crippen molar-refractivity contribution >= 4 is 22.5 Å². The molecule has 31 heavy (non-hydrogen) atoms. The number of carbonyl (C=O) groups excluding carboxylic acids is 2. The molecular weight excluding hydrogens is 396 g/mol. The number of ether oxygens (including phenoxy) is 4. The summed E-state index contributed by atoms with van der Waals surface area (Å²) in [6.07, 6.45) is -1.64. The van der Waals surface area contributed by atoms with Gasteiger partial charge in [0, 0.05) is 5.56 Å². The molecular formula is C25H22O6. The Balaban J connectivity index is 1.19. The number of carbonyl (C=O) groups is 2. The fourth-order valence-electron chi connectivity index (χ4n) is 4.09. The van der Waals surface area contributed by atoms with E-state index in [4.69, 9.17) is 18.9 Å². The molecule has 0 spiro atoms. The minimum atomic E-state index is -0.901. The van der Waals surface area contributed by atoms with E-state index in [1.54, 1.807) is 12.1 Å². The van der Waals surface area contributed by atoms with Gasteiger partial charge in [-0.1, -0.05) is 66.7 Å². The van der Waals surface area contributed by atoms with Gasteiger partial charge in [0.05, 0.1) is 19.8 Å². The maximum atomic E-state index is 12.6. The first-order chi connectivity index (χ1) is 15.2. The van der Waals surface area contributed by atoms with Gasteiger partial charge in [-0.25, -0.2) is 4.79 Å². The van der Waals surface area contributed by atoms with Gasteiger partial charge in [0.15, 0.2) is 6.10 Å². The Morgan fingerprint density at radius 2 is 1.48 bits per heavy atom. The monoisotopic (exact) mass is 418 g/mol. The molecule has 0 radical (unpaired) electrons. The maximum Gasteiger partial charge on any atom is 0.380 e. The third kappa shape index (κ3) is 4.10. The fourth-order valence-corrected chi connectivity index (χ4v) is 4.09. The highest BCUT2D eigenvalue weighted by Gasteiger charge is 2.50. The van der Waals surface area contributed by atoms with Gasteiger partial charge in [-0.2, -0.15) is 0 Å². The van der Waals surface area contributed by atoms with E-state index in [-0.39, 0.29) is 18.8 Å². The van der Waals surface area contributed by atoms with Gasteiger partial charge in [-0.3, -0.25) is 4.79 Å². The molecule has 0 saturated carbocycles. The van der Waals surface area contributed by atoms with E-state index in [0.717, 1.165) is 16.3 Å². The van der Waals surface area contributed by atoms with Crippen LogP contribution in [0, 0.1) is 0 Å². The largest absolute Gasteiger partial charge is 0.451 e. The Morgan fingerprint density at radius 1 is 0.806 bits per heavy atom. The van der Waals surface area contributed by atoms with Crippen LogP contribution in [-0.2, 0) is 30.3 Å². The summed E-state index contributed by atoms with van der Waals surface area (Å²) in [5, 5.41) is 1.89. The van der Waals surface area contributed by atoms with Crippen molar-refractivity contribution in [2.75, 3.05) is 13.2 Å². The van der Waals surface area contributed by atoms with Crippen LogP contribution in [0.1, 0.15) is 15.9 Å². The number of hydrogen-bond donors (Lipinski definition) is 0. The lowest BCUT2D eigenvalue weighted by Gasteiger charge is -2.17. The first-order valence-electron chi connectivity index (χ1n) is 10.3. The first kappa shape index (κ1) is 19.9. The first-order valence-corrected chi connectivity index (χ1v) is 10.3. The van der Waals surface area contributed by atoms with E-state index in [2.05, 4.69) is 0 Å². The molecule has 5 rings (SSSR count). The maximum absolute atomic E-state index is 12.6. The van der Waals surface area contributed by atoms with Crippen molar-refractivity contribution in [1.29, 1.82) is 0 Å². The summed E-state index contributed by atoms with van der Waals surface area (Å²) in [5.41, 5.74) is 1.36. The molecule has 0 aromatic heterocycles. The summed E-state index contributed by atoms with van der Waals surface area (Å²) in [6, 6.07) is 22.7. The van der Waals surface area contributed by atoms with Crippen molar-refractivity contribution in [2.24, 2.45) is 0 Å². The van der Waals surface area contributed by atoms with Crippen LogP contribution in [0.4, 0.5) is 0 Å². The molecule has 2 aliphatic heterocycles. The zero-order valence-electron chi connectivity index (χ0n) is 16.8. The molecule has 0 aliphatic carbocycles. The number of esters is 1. The van der Waals surface area contributed by atoms with Crippen LogP contribution < -0.4 is 0 Å². The molecule has 158 valence electrons. The zero-order valence-corrected chi connectivity index (χ0v) is 16.8. The molecule has 4 atom stereocenters. The highest BCUT2D eigenvalue weighted by molar-refractivity contribution is 6.41. The molecule has 0 amide bonds. The number of fused-ring (bicyclic) bond motifs is 2. The van der Waals surface area contributed by atoms with Gasteiger partial charge in [0.25, 0.3) is 5.78 Å². The SMILES string of the molecule is O=C(O[C@@H]1CO[C@H]2[C@@H]1OC[C@@H]2OCc1ccccc1)C(=O)c1ccc2ccccc2c1. The Morgan fingerprint density at radius 3 is 2.29 bits per heavy atom. The minimum Gasteiger partial charge on any atom is -0.451 e. The topological polar surface area (TPSA) is 71.1 Å². The predicted octanol–water partition coefficient (Wildman–Crippen LogP) is 3.32. The highest BCUT2D eigenvalue weighted by atomic mass is 16.7. The molecule has 0 N–H and O–H groups in total. The molecule has 0 bridgehead atoms. The molecule has 3 aromatic carbocycles. The Bertz CT molecular complexity index is 1100. The van der Waals surface area contributed by atoms with Crippen LogP contribution in [-0.4, -0.2) is 49.4 Å². The summed E-state index contributed by atoms with van der Waals surface area (Å²) in [6.45, 7) is 0.985. The zero-order chi connectivity index (χ0) is 21.2. The van der Waals surface area contributed by atoms with E-state index in [1.165, 1.54) is 0 Å². The van der Waals surface area contributed by atoms with Crippen molar-refractivity contribution in [3.63, 3.8) is 0 Å². The standard InChI is InChI=1S/C25H22O6/c26-22(19-11-10-17-8-4-5-9-18(17)12-19)25(27)31-21-15-30-23-20(14-29-24(21)23)28-13-16-6-2-1-3-7-16/h1-12,20-21,23-24H,13-15H2/t20-,21+,23+,24+/m0/s1. The van der Waals surface area contributed by atoms with Crippen LogP contribution in [0.3, 0.4) is 0 Å². The number of Topliss-reactive ketones (excluding diaryl/α,β-unsaturated/α-hetero) is 1. The Labute approximate surface area is 179 Å². The summed E-state index contributed by atoms with van der Waals surface area (Å²) in [4.78, 5) is 25.1. The van der Waals surface area contributed by atoms with Crippen molar-refractivity contribution in [1.82, 2.24) is 0 Å². The average Bonchev–Trinajstić information content (AvgIpc) is 3.40. The Hall–Kier alpha value is -3.06. The van der Waals surface area contributed by atoms with Gasteiger partial charge >= 0.3 is 5.97 Å².